The van der Waals surface area contributed by atoms with Crippen LogP contribution in [0.5, 0.6) is 0 Å². The number of halogens is 2. The topological polar surface area (TPSA) is 18.5 Å². The molecular weight excluding hydrogens is 323 g/mol. The van der Waals surface area contributed by atoms with E-state index in [1.807, 2.05) is 0 Å². The molecule has 0 radical (unpaired) electrons. The van der Waals surface area contributed by atoms with Crippen molar-refractivity contribution < 1.29 is 9.47 Å². The van der Waals surface area contributed by atoms with Gasteiger partial charge >= 0.3 is 0 Å². The van der Waals surface area contributed by atoms with Gasteiger partial charge in [-0.2, -0.15) is 0 Å². The fourth-order valence-electron chi connectivity index (χ4n) is 2.75. The number of unbranched alkanes of at least 4 members (excludes halogenated alkanes) is 3. The van der Waals surface area contributed by atoms with E-state index >= 15 is 0 Å². The highest BCUT2D eigenvalue weighted by atomic mass is 35.7. The van der Waals surface area contributed by atoms with Gasteiger partial charge in [-0.15, -0.1) is 22.2 Å². The van der Waals surface area contributed by atoms with Crippen molar-refractivity contribution in [3.05, 3.63) is 12.8 Å². The standard InChI is InChI=1S/C16H30Cl2O2Si/c1-5-19-10-8-6-7-9-11-20-14-13-21(17,18)15(14)12-16(2,3)4/h5,14-15H,1,6-13H2,2-4H3/t14-,15+/m0/s1. The number of rotatable bonds is 10. The lowest BCUT2D eigenvalue weighted by molar-refractivity contribution is 0.0336. The van der Waals surface area contributed by atoms with Crippen molar-refractivity contribution in [1.82, 2.24) is 0 Å². The lowest BCUT2D eigenvalue weighted by atomic mass is 9.88. The Bertz CT molecular complexity index is 316. The lowest BCUT2D eigenvalue weighted by Gasteiger charge is -2.47. The third-order valence-electron chi connectivity index (χ3n) is 3.90. The quantitative estimate of drug-likeness (QED) is 0.213. The minimum absolute atomic E-state index is 0.264. The Hall–Kier alpha value is 0.297. The first-order valence-corrected chi connectivity index (χ1v) is 12.3. The van der Waals surface area contributed by atoms with Gasteiger partial charge in [-0.3, -0.25) is 0 Å². The number of hydrogen-bond donors (Lipinski definition) is 0. The lowest BCUT2D eigenvalue weighted by Crippen LogP contribution is -2.51. The largest absolute Gasteiger partial charge is 0.502 e. The second-order valence-electron chi connectivity index (χ2n) is 7.20. The van der Waals surface area contributed by atoms with Crippen LogP contribution in [0.1, 0.15) is 52.9 Å². The monoisotopic (exact) mass is 352 g/mol. The van der Waals surface area contributed by atoms with Gasteiger partial charge < -0.3 is 9.47 Å². The molecule has 0 aliphatic carbocycles. The molecule has 0 aromatic carbocycles. The van der Waals surface area contributed by atoms with Gasteiger partial charge in [0.1, 0.15) is 0 Å². The fourth-order valence-corrected chi connectivity index (χ4v) is 7.44. The molecule has 1 aliphatic rings. The van der Waals surface area contributed by atoms with E-state index in [0.717, 1.165) is 38.5 Å². The minimum Gasteiger partial charge on any atom is -0.502 e. The normalized spacial score (nSPS) is 24.4. The Labute approximate surface area is 140 Å². The second kappa shape index (κ2) is 8.81. The van der Waals surface area contributed by atoms with Gasteiger partial charge in [-0.25, -0.2) is 0 Å². The smallest absolute Gasteiger partial charge is 0.259 e. The van der Waals surface area contributed by atoms with Crippen LogP contribution in [0.15, 0.2) is 12.8 Å². The first kappa shape index (κ1) is 19.3. The van der Waals surface area contributed by atoms with E-state index in [-0.39, 0.29) is 11.5 Å². The molecule has 1 saturated heterocycles. The van der Waals surface area contributed by atoms with Crippen LogP contribution in [0.2, 0.25) is 11.6 Å². The van der Waals surface area contributed by atoms with E-state index in [9.17, 15) is 0 Å². The van der Waals surface area contributed by atoms with Crippen molar-refractivity contribution in [1.29, 1.82) is 0 Å². The molecule has 2 nitrogen and oxygen atoms in total. The van der Waals surface area contributed by atoms with E-state index in [1.54, 1.807) is 0 Å². The number of ether oxygens (including phenoxy) is 2. The first-order valence-electron chi connectivity index (χ1n) is 7.98. The maximum Gasteiger partial charge on any atom is 0.259 e. The van der Waals surface area contributed by atoms with Crippen LogP contribution in [0.4, 0.5) is 0 Å². The summed E-state index contributed by atoms with van der Waals surface area (Å²) in [5.41, 5.74) is 0.654. The third-order valence-corrected chi connectivity index (χ3v) is 9.12. The third kappa shape index (κ3) is 7.40. The predicted molar refractivity (Wildman–Crippen MR) is 94.4 cm³/mol. The summed E-state index contributed by atoms with van der Waals surface area (Å²) in [5, 5.41) is 0. The molecular formula is C16H30Cl2O2Si. The molecule has 124 valence electrons. The Balaban J connectivity index is 2.13. The zero-order valence-electron chi connectivity index (χ0n) is 13.7. The van der Waals surface area contributed by atoms with Crippen LogP contribution in [0.3, 0.4) is 0 Å². The van der Waals surface area contributed by atoms with Crippen LogP contribution in [-0.4, -0.2) is 26.0 Å². The maximum atomic E-state index is 6.48. The fraction of sp³-hybridized carbons (Fsp3) is 0.875. The summed E-state index contributed by atoms with van der Waals surface area (Å²) < 4.78 is 11.1. The average Bonchev–Trinajstić information content (AvgIpc) is 2.37. The molecule has 21 heavy (non-hydrogen) atoms. The van der Waals surface area contributed by atoms with Crippen LogP contribution < -0.4 is 0 Å². The Morgan fingerprint density at radius 1 is 1.14 bits per heavy atom. The van der Waals surface area contributed by atoms with Gasteiger partial charge in [0.15, 0.2) is 0 Å². The van der Waals surface area contributed by atoms with Crippen molar-refractivity contribution >= 4 is 28.9 Å². The molecule has 1 heterocycles. The summed E-state index contributed by atoms with van der Waals surface area (Å²) in [6, 6.07) is 0.893. The summed E-state index contributed by atoms with van der Waals surface area (Å²) >= 11 is 13.0. The Morgan fingerprint density at radius 3 is 2.29 bits per heavy atom. The molecule has 0 saturated carbocycles. The van der Waals surface area contributed by atoms with E-state index in [4.69, 9.17) is 31.6 Å². The average molecular weight is 353 g/mol. The van der Waals surface area contributed by atoms with Crippen molar-refractivity contribution in [3.8, 4) is 0 Å². The van der Waals surface area contributed by atoms with Crippen molar-refractivity contribution in [2.45, 2.75) is 70.6 Å². The van der Waals surface area contributed by atoms with Crippen LogP contribution in [-0.2, 0) is 9.47 Å². The van der Waals surface area contributed by atoms with Crippen LogP contribution in [0.25, 0.3) is 0 Å². The molecule has 5 heteroatoms. The SMILES string of the molecule is C=COCCCCCCO[C@H]1C[Si](Cl)(Cl)[C@@H]1CC(C)(C)C. The highest BCUT2D eigenvalue weighted by molar-refractivity contribution is 7.47. The molecule has 1 fully saturated rings. The van der Waals surface area contributed by atoms with Gasteiger partial charge in [0.05, 0.1) is 19.0 Å². The molecule has 0 N–H and O–H groups in total. The van der Waals surface area contributed by atoms with Gasteiger partial charge in [0.2, 0.25) is 0 Å². The molecule has 0 aromatic rings. The Morgan fingerprint density at radius 2 is 1.76 bits per heavy atom. The number of hydrogen-bond acceptors (Lipinski definition) is 2. The summed E-state index contributed by atoms with van der Waals surface area (Å²) in [4.78, 5) is 0. The van der Waals surface area contributed by atoms with E-state index in [1.165, 1.54) is 19.1 Å². The van der Waals surface area contributed by atoms with Crippen molar-refractivity contribution in [2.24, 2.45) is 5.41 Å². The van der Waals surface area contributed by atoms with Crippen molar-refractivity contribution in [3.63, 3.8) is 0 Å². The molecule has 0 aromatic heterocycles. The Kier molecular flexibility index (Phi) is 8.11. The zero-order valence-corrected chi connectivity index (χ0v) is 16.2. The summed E-state index contributed by atoms with van der Waals surface area (Å²) in [6.45, 7) is 9.80. The van der Waals surface area contributed by atoms with Gasteiger partial charge in [-0.05, 0) is 37.1 Å². The molecule has 0 amide bonds. The van der Waals surface area contributed by atoms with Crippen molar-refractivity contribution in [2.75, 3.05) is 13.2 Å². The predicted octanol–water partition coefficient (Wildman–Crippen LogP) is 5.83. The first-order chi connectivity index (χ1) is 9.76. The highest BCUT2D eigenvalue weighted by Gasteiger charge is 2.56. The van der Waals surface area contributed by atoms with Gasteiger partial charge in [0.25, 0.3) is 6.69 Å². The minimum atomic E-state index is -2.05. The zero-order chi connectivity index (χ0) is 15.9. The van der Waals surface area contributed by atoms with E-state index in [0.29, 0.717) is 5.54 Å². The van der Waals surface area contributed by atoms with Crippen LogP contribution in [0, 0.1) is 5.41 Å². The maximum absolute atomic E-state index is 6.48. The molecule has 0 unspecified atom stereocenters. The molecule has 0 bridgehead atoms. The molecule has 1 aliphatic heterocycles. The summed E-state index contributed by atoms with van der Waals surface area (Å²) in [6.07, 6.45) is 7.40. The molecule has 2 atom stereocenters. The highest BCUT2D eigenvalue weighted by Crippen LogP contribution is 2.55. The molecule has 0 spiro atoms. The summed E-state index contributed by atoms with van der Waals surface area (Å²) in [7, 11) is 0. The van der Waals surface area contributed by atoms with E-state index in [2.05, 4.69) is 27.4 Å². The second-order valence-corrected chi connectivity index (χ2v) is 14.5. The van der Waals surface area contributed by atoms with E-state index < -0.39 is 6.69 Å². The van der Waals surface area contributed by atoms with Crippen LogP contribution >= 0.6 is 22.2 Å². The summed E-state index contributed by atoms with van der Waals surface area (Å²) in [5.74, 6) is 0. The van der Waals surface area contributed by atoms with Gasteiger partial charge in [0, 0.05) is 12.1 Å². The van der Waals surface area contributed by atoms with Gasteiger partial charge in [-0.1, -0.05) is 33.8 Å². The molecule has 1 rings (SSSR count).